The van der Waals surface area contributed by atoms with Gasteiger partial charge in [-0.05, 0) is 49.8 Å². The number of allylic oxidation sites excluding steroid dienone is 2. The maximum absolute atomic E-state index is 12.6. The Labute approximate surface area is 168 Å². The molecule has 0 spiro atoms. The van der Waals surface area contributed by atoms with Crippen molar-refractivity contribution in [2.45, 2.75) is 44.8 Å². The van der Waals surface area contributed by atoms with Crippen LogP contribution in [0.1, 0.15) is 49.4 Å². The maximum Gasteiger partial charge on any atom is 0.427 e. The van der Waals surface area contributed by atoms with E-state index < -0.39 is 16.6 Å². The summed E-state index contributed by atoms with van der Waals surface area (Å²) in [6, 6.07) is 2.99. The van der Waals surface area contributed by atoms with E-state index in [4.69, 9.17) is 9.47 Å². The lowest BCUT2D eigenvalue weighted by Gasteiger charge is -2.31. The van der Waals surface area contributed by atoms with Crippen LogP contribution in [0.25, 0.3) is 0 Å². The molecule has 0 saturated heterocycles. The molecule has 1 N–H and O–H groups in total. The highest BCUT2D eigenvalue weighted by Crippen LogP contribution is 2.37. The first kappa shape index (κ1) is 22.2. The van der Waals surface area contributed by atoms with Gasteiger partial charge in [0.2, 0.25) is 6.41 Å². The number of carbonyl (C=O) groups is 2. The molecule has 0 bridgehead atoms. The molecule has 1 heterocycles. The first-order chi connectivity index (χ1) is 14.0. The normalized spacial score (nSPS) is 18.8. The highest BCUT2D eigenvalue weighted by molar-refractivity contribution is 5.89. The molecule has 1 unspecified atom stereocenters. The van der Waals surface area contributed by atoms with Gasteiger partial charge in [0.15, 0.2) is 0 Å². The molecule has 2 rings (SSSR count). The van der Waals surface area contributed by atoms with E-state index in [1.165, 1.54) is 30.6 Å². The fraction of sp³-hybridized carbons (Fsp3) is 0.450. The van der Waals surface area contributed by atoms with Crippen molar-refractivity contribution in [2.75, 3.05) is 13.7 Å². The summed E-state index contributed by atoms with van der Waals surface area (Å²) in [5.74, 6) is -0.896. The summed E-state index contributed by atoms with van der Waals surface area (Å²) >= 11 is 0. The van der Waals surface area contributed by atoms with Crippen molar-refractivity contribution in [2.24, 2.45) is 0 Å². The van der Waals surface area contributed by atoms with E-state index in [0.717, 1.165) is 18.4 Å². The molecule has 1 atom stereocenters. The quantitative estimate of drug-likeness (QED) is 0.115. The third-order valence-corrected chi connectivity index (χ3v) is 4.70. The van der Waals surface area contributed by atoms with Gasteiger partial charge in [0.1, 0.15) is 5.70 Å². The average Bonchev–Trinajstić information content (AvgIpc) is 2.73. The molecule has 1 amide bonds. The summed E-state index contributed by atoms with van der Waals surface area (Å²) < 4.78 is 10.5. The molecule has 29 heavy (non-hydrogen) atoms. The minimum Gasteiger partial charge on any atom is -0.385 e. The Balaban J connectivity index is 2.44. The van der Waals surface area contributed by atoms with E-state index in [-0.39, 0.29) is 11.3 Å². The van der Waals surface area contributed by atoms with E-state index in [1.807, 2.05) is 6.92 Å². The Kier molecular flexibility index (Phi) is 8.02. The van der Waals surface area contributed by atoms with Crippen LogP contribution in [0.15, 0.2) is 47.4 Å². The van der Waals surface area contributed by atoms with Gasteiger partial charge in [0.05, 0.1) is 10.5 Å². The van der Waals surface area contributed by atoms with Gasteiger partial charge in [-0.15, -0.1) is 0 Å². The summed E-state index contributed by atoms with van der Waals surface area (Å²) in [7, 11) is 1.62. The van der Waals surface area contributed by atoms with Gasteiger partial charge in [0, 0.05) is 32.2 Å². The van der Waals surface area contributed by atoms with Crippen LogP contribution in [0.4, 0.5) is 0 Å². The van der Waals surface area contributed by atoms with Gasteiger partial charge >= 0.3 is 11.7 Å². The van der Waals surface area contributed by atoms with Crippen molar-refractivity contribution in [3.05, 3.63) is 63.1 Å². The first-order valence-electron chi connectivity index (χ1n) is 9.38. The zero-order chi connectivity index (χ0) is 21.3. The van der Waals surface area contributed by atoms with Crippen molar-refractivity contribution in [3.63, 3.8) is 0 Å². The summed E-state index contributed by atoms with van der Waals surface area (Å²) in [5.41, 5.74) is -0.800. The smallest absolute Gasteiger partial charge is 0.385 e. The number of nitrogens with one attached hydrogen (secondary N) is 1. The first-order valence-corrected chi connectivity index (χ1v) is 9.38. The number of nitrogens with zero attached hydrogens (tertiary/aromatic N) is 2. The predicted molar refractivity (Wildman–Crippen MR) is 104 cm³/mol. The SMILES string of the molecule is CCC1=C(NC=O)C(OC(=O)c2cccnc2)([N+](=O)[O-])C=C(CCCCOC)C1. The molecule has 0 fully saturated rings. The summed E-state index contributed by atoms with van der Waals surface area (Å²) in [4.78, 5) is 39.1. The Bertz CT molecular complexity index is 806. The summed E-state index contributed by atoms with van der Waals surface area (Å²) in [6.07, 6.45) is 7.57. The molecule has 9 nitrogen and oxygen atoms in total. The number of amides is 1. The minimum atomic E-state index is -2.30. The third kappa shape index (κ3) is 5.26. The zero-order valence-corrected chi connectivity index (χ0v) is 16.6. The van der Waals surface area contributed by atoms with Crippen LogP contribution in [0, 0.1) is 10.1 Å². The lowest BCUT2D eigenvalue weighted by molar-refractivity contribution is -0.592. The fourth-order valence-electron chi connectivity index (χ4n) is 3.29. The van der Waals surface area contributed by atoms with Gasteiger partial charge in [-0.25, -0.2) is 4.79 Å². The summed E-state index contributed by atoms with van der Waals surface area (Å²) in [6.45, 7) is 2.43. The zero-order valence-electron chi connectivity index (χ0n) is 16.6. The Morgan fingerprint density at radius 3 is 2.83 bits per heavy atom. The lowest BCUT2D eigenvalue weighted by atomic mass is 9.86. The van der Waals surface area contributed by atoms with E-state index in [0.29, 0.717) is 37.9 Å². The Morgan fingerprint density at radius 1 is 1.45 bits per heavy atom. The topological polar surface area (TPSA) is 121 Å². The number of nitro groups is 1. The number of hydrogen-bond donors (Lipinski definition) is 1. The molecular weight excluding hydrogens is 378 g/mol. The van der Waals surface area contributed by atoms with Gasteiger partial charge < -0.3 is 14.8 Å². The molecule has 0 aliphatic heterocycles. The largest absolute Gasteiger partial charge is 0.427 e. The van der Waals surface area contributed by atoms with Gasteiger partial charge in [-0.1, -0.05) is 12.5 Å². The standard InChI is InChI=1S/C20H25N3O6/c1-3-16-11-15(7-4-5-10-28-2)12-20(23(26)27,18(16)22-14-24)29-19(25)17-8-6-9-21-13-17/h6,8-9,12-14H,3-5,7,10-11H2,1-2H3,(H,22,24). The van der Waals surface area contributed by atoms with Crippen LogP contribution < -0.4 is 5.32 Å². The predicted octanol–water partition coefficient (Wildman–Crippen LogP) is 2.77. The Morgan fingerprint density at radius 2 is 2.24 bits per heavy atom. The molecule has 0 radical (unpaired) electrons. The number of aromatic nitrogens is 1. The second-order valence-corrected chi connectivity index (χ2v) is 6.61. The molecule has 0 aromatic carbocycles. The van der Waals surface area contributed by atoms with Crippen LogP contribution >= 0.6 is 0 Å². The molecule has 0 saturated carbocycles. The monoisotopic (exact) mass is 403 g/mol. The molecule has 1 aromatic heterocycles. The molecule has 1 aliphatic carbocycles. The van der Waals surface area contributed by atoms with Crippen LogP contribution in [0.3, 0.4) is 0 Å². The van der Waals surface area contributed by atoms with E-state index >= 15 is 0 Å². The number of rotatable bonds is 11. The van der Waals surface area contributed by atoms with Crippen molar-refractivity contribution in [1.82, 2.24) is 10.3 Å². The van der Waals surface area contributed by atoms with Crippen molar-refractivity contribution in [1.29, 1.82) is 0 Å². The average molecular weight is 403 g/mol. The lowest BCUT2D eigenvalue weighted by Crippen LogP contribution is -2.49. The van der Waals surface area contributed by atoms with Gasteiger partial charge in [-0.3, -0.25) is 19.9 Å². The van der Waals surface area contributed by atoms with Crippen LogP contribution in [-0.4, -0.2) is 41.7 Å². The number of unbranched alkanes of at least 4 members (excludes halogenated alkanes) is 1. The fourth-order valence-corrected chi connectivity index (χ4v) is 3.29. The number of ether oxygens (including phenoxy) is 2. The van der Waals surface area contributed by atoms with Crippen molar-refractivity contribution >= 4 is 12.4 Å². The second kappa shape index (κ2) is 10.5. The van der Waals surface area contributed by atoms with Crippen LogP contribution in [0.5, 0.6) is 0 Å². The maximum atomic E-state index is 12.6. The number of methoxy groups -OCH3 is 1. The number of pyridine rings is 1. The molecule has 1 aliphatic rings. The van der Waals surface area contributed by atoms with Gasteiger partial charge in [-0.2, -0.15) is 0 Å². The summed E-state index contributed by atoms with van der Waals surface area (Å²) in [5, 5.41) is 14.6. The van der Waals surface area contributed by atoms with E-state index in [1.54, 1.807) is 7.11 Å². The Hall–Kier alpha value is -3.07. The van der Waals surface area contributed by atoms with Crippen LogP contribution in [-0.2, 0) is 14.3 Å². The van der Waals surface area contributed by atoms with Crippen LogP contribution in [0.2, 0.25) is 0 Å². The van der Waals surface area contributed by atoms with E-state index in [9.17, 15) is 19.7 Å². The van der Waals surface area contributed by atoms with Crippen molar-refractivity contribution < 1.29 is 24.0 Å². The number of esters is 1. The molecule has 1 aromatic rings. The second-order valence-electron chi connectivity index (χ2n) is 6.61. The number of hydrogen-bond acceptors (Lipinski definition) is 7. The molecular formula is C20H25N3O6. The highest BCUT2D eigenvalue weighted by atomic mass is 16.7. The minimum absolute atomic E-state index is 0.0159. The van der Waals surface area contributed by atoms with Crippen molar-refractivity contribution in [3.8, 4) is 0 Å². The van der Waals surface area contributed by atoms with Gasteiger partial charge in [0.25, 0.3) is 0 Å². The number of carbonyl (C=O) groups excluding carboxylic acids is 2. The van der Waals surface area contributed by atoms with E-state index in [2.05, 4.69) is 10.3 Å². The molecule has 9 heteroatoms. The third-order valence-electron chi connectivity index (χ3n) is 4.70. The molecule has 156 valence electrons. The highest BCUT2D eigenvalue weighted by Gasteiger charge is 2.53.